The van der Waals surface area contributed by atoms with Crippen LogP contribution in [0.15, 0.2) is 23.1 Å². The number of hydrogen-bond donors (Lipinski definition) is 1. The predicted octanol–water partition coefficient (Wildman–Crippen LogP) is 1.98. The molecular weight excluding hydrogens is 222 g/mol. The van der Waals surface area contributed by atoms with Crippen molar-refractivity contribution in [1.29, 1.82) is 0 Å². The highest BCUT2D eigenvalue weighted by molar-refractivity contribution is 7.92. The van der Waals surface area contributed by atoms with Crippen LogP contribution in [0.4, 0.5) is 5.69 Å². The predicted molar refractivity (Wildman–Crippen MR) is 63.5 cm³/mol. The van der Waals surface area contributed by atoms with Gasteiger partial charge in [-0.2, -0.15) is 0 Å². The lowest BCUT2D eigenvalue weighted by atomic mass is 10.0. The van der Waals surface area contributed by atoms with Crippen LogP contribution in [0.2, 0.25) is 0 Å². The molecule has 0 unspecified atom stereocenters. The normalized spacial score (nSPS) is 20.0. The van der Waals surface area contributed by atoms with Crippen LogP contribution in [-0.4, -0.2) is 20.2 Å². The third-order valence-electron chi connectivity index (χ3n) is 3.32. The smallest absolute Gasteiger partial charge is 0.181 e. The van der Waals surface area contributed by atoms with Crippen LogP contribution < -0.4 is 5.32 Å². The second kappa shape index (κ2) is 3.48. The van der Waals surface area contributed by atoms with Crippen LogP contribution in [0.5, 0.6) is 0 Å². The van der Waals surface area contributed by atoms with Gasteiger partial charge in [0.25, 0.3) is 0 Å². The summed E-state index contributed by atoms with van der Waals surface area (Å²) in [6.45, 7) is 0.944. The summed E-state index contributed by atoms with van der Waals surface area (Å²) in [5, 5.41) is 3.16. The fraction of sp³-hybridized carbons (Fsp3) is 0.500. The molecule has 1 aliphatic heterocycles. The molecule has 0 spiro atoms. The van der Waals surface area contributed by atoms with Crippen LogP contribution in [0, 0.1) is 0 Å². The van der Waals surface area contributed by atoms with Gasteiger partial charge in [0.2, 0.25) is 0 Å². The van der Waals surface area contributed by atoms with Crippen LogP contribution >= 0.6 is 0 Å². The first-order valence-corrected chi connectivity index (χ1v) is 7.34. The molecule has 3 nitrogen and oxygen atoms in total. The van der Waals surface area contributed by atoms with E-state index in [2.05, 4.69) is 5.32 Å². The summed E-state index contributed by atoms with van der Waals surface area (Å²) in [5.41, 5.74) is 2.01. The number of nitrogens with one attached hydrogen (secondary N) is 1. The maximum absolute atomic E-state index is 12.2. The largest absolute Gasteiger partial charge is 0.385 e. The Balaban J connectivity index is 2.13. The minimum absolute atomic E-state index is 0.110. The molecule has 3 rings (SSSR count). The maximum Gasteiger partial charge on any atom is 0.181 e. The standard InChI is InChI=1S/C12H15NO2S/c14-16(15,9-6-7-9)12-5-1-4-11-10(12)3-2-8-13-11/h1,4-5,9,13H,2-3,6-8H2. The molecule has 1 aliphatic carbocycles. The number of fused-ring (bicyclic) bond motifs is 1. The average molecular weight is 237 g/mol. The first-order valence-electron chi connectivity index (χ1n) is 5.79. The highest BCUT2D eigenvalue weighted by Crippen LogP contribution is 2.37. The van der Waals surface area contributed by atoms with Crippen molar-refractivity contribution in [2.24, 2.45) is 0 Å². The van der Waals surface area contributed by atoms with Gasteiger partial charge in [0.15, 0.2) is 9.84 Å². The fourth-order valence-electron chi connectivity index (χ4n) is 2.30. The van der Waals surface area contributed by atoms with Crippen molar-refractivity contribution in [3.63, 3.8) is 0 Å². The van der Waals surface area contributed by atoms with E-state index in [1.54, 1.807) is 6.07 Å². The molecule has 0 bridgehead atoms. The Morgan fingerprint density at radius 3 is 2.81 bits per heavy atom. The van der Waals surface area contributed by atoms with E-state index in [-0.39, 0.29) is 5.25 Å². The molecule has 1 aromatic carbocycles. The summed E-state index contributed by atoms with van der Waals surface area (Å²) in [6.07, 6.45) is 3.56. The van der Waals surface area contributed by atoms with Crippen LogP contribution in [0.3, 0.4) is 0 Å². The van der Waals surface area contributed by atoms with Gasteiger partial charge in [0.1, 0.15) is 0 Å². The topological polar surface area (TPSA) is 46.2 Å². The summed E-state index contributed by atoms with van der Waals surface area (Å²) in [7, 11) is -3.05. The van der Waals surface area contributed by atoms with Crippen molar-refractivity contribution >= 4 is 15.5 Å². The molecule has 0 radical (unpaired) electrons. The zero-order chi connectivity index (χ0) is 11.2. The van der Waals surface area contributed by atoms with Crippen LogP contribution in [0.1, 0.15) is 24.8 Å². The molecule has 1 heterocycles. The number of anilines is 1. The Morgan fingerprint density at radius 2 is 2.06 bits per heavy atom. The monoisotopic (exact) mass is 237 g/mol. The van der Waals surface area contributed by atoms with Gasteiger partial charge in [0.05, 0.1) is 10.1 Å². The Labute approximate surface area is 95.8 Å². The van der Waals surface area contributed by atoms with Crippen molar-refractivity contribution in [2.45, 2.75) is 35.8 Å². The lowest BCUT2D eigenvalue weighted by Gasteiger charge is -2.20. The molecule has 1 N–H and O–H groups in total. The summed E-state index contributed by atoms with van der Waals surface area (Å²) in [5.74, 6) is 0. The Bertz CT molecular complexity index is 518. The van der Waals surface area contributed by atoms with Crippen molar-refractivity contribution in [3.05, 3.63) is 23.8 Å². The lowest BCUT2D eigenvalue weighted by Crippen LogP contribution is -2.17. The summed E-state index contributed by atoms with van der Waals surface area (Å²) < 4.78 is 24.5. The molecule has 0 saturated heterocycles. The summed E-state index contributed by atoms with van der Waals surface area (Å²) in [6, 6.07) is 5.58. The zero-order valence-corrected chi connectivity index (χ0v) is 9.89. The first-order chi connectivity index (χ1) is 7.69. The molecule has 1 aromatic rings. The zero-order valence-electron chi connectivity index (χ0n) is 9.07. The molecule has 0 amide bonds. The molecule has 1 fully saturated rings. The third kappa shape index (κ3) is 1.52. The molecule has 4 heteroatoms. The second-order valence-corrected chi connectivity index (χ2v) is 6.75. The molecule has 2 aliphatic rings. The Hall–Kier alpha value is -1.03. The molecular formula is C12H15NO2S. The van der Waals surface area contributed by atoms with Crippen molar-refractivity contribution in [3.8, 4) is 0 Å². The number of benzene rings is 1. The van der Waals surface area contributed by atoms with Crippen LogP contribution in [-0.2, 0) is 16.3 Å². The quantitative estimate of drug-likeness (QED) is 0.855. The first kappa shape index (κ1) is 10.1. The third-order valence-corrected chi connectivity index (χ3v) is 5.67. The SMILES string of the molecule is O=S(=O)(c1cccc2c1CCCN2)C1CC1. The molecule has 0 atom stereocenters. The van der Waals surface area contributed by atoms with Gasteiger partial charge in [-0.3, -0.25) is 0 Å². The van der Waals surface area contributed by atoms with Gasteiger partial charge in [-0.1, -0.05) is 6.07 Å². The van der Waals surface area contributed by atoms with Crippen molar-refractivity contribution in [2.75, 3.05) is 11.9 Å². The summed E-state index contributed by atoms with van der Waals surface area (Å²) >= 11 is 0. The maximum atomic E-state index is 12.2. The van der Waals surface area contributed by atoms with E-state index < -0.39 is 9.84 Å². The minimum atomic E-state index is -3.05. The van der Waals surface area contributed by atoms with E-state index in [9.17, 15) is 8.42 Å². The lowest BCUT2D eigenvalue weighted by molar-refractivity contribution is 0.593. The van der Waals surface area contributed by atoms with Gasteiger partial charge in [-0.25, -0.2) is 8.42 Å². The van der Waals surface area contributed by atoms with Gasteiger partial charge < -0.3 is 5.32 Å². The summed E-state index contributed by atoms with van der Waals surface area (Å²) in [4.78, 5) is 0.569. The van der Waals surface area contributed by atoms with E-state index >= 15 is 0 Å². The fourth-order valence-corrected chi connectivity index (χ4v) is 4.24. The van der Waals surface area contributed by atoms with Crippen LogP contribution in [0.25, 0.3) is 0 Å². The van der Waals surface area contributed by atoms with Crippen molar-refractivity contribution < 1.29 is 8.42 Å². The van der Waals surface area contributed by atoms with E-state index in [1.807, 2.05) is 12.1 Å². The molecule has 0 aromatic heterocycles. The van der Waals surface area contributed by atoms with E-state index in [1.165, 1.54) is 0 Å². The van der Waals surface area contributed by atoms with E-state index in [0.717, 1.165) is 43.5 Å². The second-order valence-electron chi connectivity index (χ2n) is 4.56. The number of sulfone groups is 1. The number of hydrogen-bond acceptors (Lipinski definition) is 3. The van der Waals surface area contributed by atoms with Gasteiger partial charge in [0, 0.05) is 12.2 Å². The van der Waals surface area contributed by atoms with Gasteiger partial charge in [-0.15, -0.1) is 0 Å². The minimum Gasteiger partial charge on any atom is -0.385 e. The van der Waals surface area contributed by atoms with Gasteiger partial charge in [-0.05, 0) is 43.4 Å². The highest BCUT2D eigenvalue weighted by atomic mass is 32.2. The Morgan fingerprint density at radius 1 is 1.25 bits per heavy atom. The number of rotatable bonds is 2. The molecule has 86 valence electrons. The van der Waals surface area contributed by atoms with Crippen molar-refractivity contribution in [1.82, 2.24) is 0 Å². The molecule has 1 saturated carbocycles. The molecule has 16 heavy (non-hydrogen) atoms. The Kier molecular flexibility index (Phi) is 2.21. The van der Waals surface area contributed by atoms with E-state index in [4.69, 9.17) is 0 Å². The average Bonchev–Trinajstić information content (AvgIpc) is 3.12. The highest BCUT2D eigenvalue weighted by Gasteiger charge is 2.38. The van der Waals surface area contributed by atoms with Gasteiger partial charge >= 0.3 is 0 Å². The van der Waals surface area contributed by atoms with E-state index in [0.29, 0.717) is 4.90 Å².